The van der Waals surface area contributed by atoms with Crippen LogP contribution in [0, 0.1) is 0 Å². The van der Waals surface area contributed by atoms with Gasteiger partial charge in [0.05, 0.1) is 5.39 Å². The zero-order valence-corrected chi connectivity index (χ0v) is 8.44. The van der Waals surface area contributed by atoms with E-state index in [0.29, 0.717) is 5.82 Å². The molecule has 4 heteroatoms. The second-order valence-electron chi connectivity index (χ2n) is 3.94. The van der Waals surface area contributed by atoms with E-state index in [-0.39, 0.29) is 0 Å². The fraction of sp³-hybridized carbons (Fsp3) is 0.364. The minimum atomic E-state index is 0.478. The summed E-state index contributed by atoms with van der Waals surface area (Å²) in [5.41, 5.74) is 7.70. The molecule has 0 saturated carbocycles. The molecule has 78 valence electrons. The lowest BCUT2D eigenvalue weighted by atomic mass is 10.2. The van der Waals surface area contributed by atoms with Gasteiger partial charge in [-0.1, -0.05) is 5.16 Å². The van der Waals surface area contributed by atoms with Gasteiger partial charge in [0.2, 0.25) is 0 Å². The van der Waals surface area contributed by atoms with Gasteiger partial charge in [0, 0.05) is 18.8 Å². The highest BCUT2D eigenvalue weighted by Gasteiger charge is 2.14. The molecular formula is C11H13N3O. The molecule has 15 heavy (non-hydrogen) atoms. The van der Waals surface area contributed by atoms with Gasteiger partial charge in [-0.15, -0.1) is 0 Å². The van der Waals surface area contributed by atoms with Crippen molar-refractivity contribution >= 4 is 22.5 Å². The Labute approximate surface area is 87.6 Å². The van der Waals surface area contributed by atoms with Gasteiger partial charge < -0.3 is 15.2 Å². The summed E-state index contributed by atoms with van der Waals surface area (Å²) < 4.78 is 5.07. The Morgan fingerprint density at radius 2 is 2.07 bits per heavy atom. The van der Waals surface area contributed by atoms with Crippen LogP contribution in [0.15, 0.2) is 22.7 Å². The molecule has 2 aromatic rings. The Balaban J connectivity index is 2.08. The molecule has 2 N–H and O–H groups in total. The van der Waals surface area contributed by atoms with Gasteiger partial charge in [0.25, 0.3) is 0 Å². The number of nitrogen functional groups attached to an aromatic ring is 1. The third-order valence-corrected chi connectivity index (χ3v) is 2.95. The fourth-order valence-electron chi connectivity index (χ4n) is 2.12. The molecule has 0 spiro atoms. The van der Waals surface area contributed by atoms with Crippen LogP contribution in [0.25, 0.3) is 11.0 Å². The van der Waals surface area contributed by atoms with E-state index in [1.165, 1.54) is 18.5 Å². The van der Waals surface area contributed by atoms with E-state index in [9.17, 15) is 0 Å². The Kier molecular flexibility index (Phi) is 1.80. The molecular weight excluding hydrogens is 190 g/mol. The third kappa shape index (κ3) is 1.33. The van der Waals surface area contributed by atoms with Crippen LogP contribution in [-0.2, 0) is 0 Å². The van der Waals surface area contributed by atoms with Crippen LogP contribution in [0.4, 0.5) is 11.5 Å². The van der Waals surface area contributed by atoms with Crippen LogP contribution in [-0.4, -0.2) is 18.2 Å². The standard InChI is InChI=1S/C11H13N3O/c12-11-9-7-8(14-5-1-2-6-14)3-4-10(9)15-13-11/h3-4,7H,1-2,5-6H2,(H2,12,13). The average molecular weight is 203 g/mol. The molecule has 1 fully saturated rings. The van der Waals surface area contributed by atoms with E-state index in [1.807, 2.05) is 6.07 Å². The lowest BCUT2D eigenvalue weighted by molar-refractivity contribution is 0.460. The van der Waals surface area contributed by atoms with Gasteiger partial charge in [-0.2, -0.15) is 0 Å². The van der Waals surface area contributed by atoms with Gasteiger partial charge in [-0.25, -0.2) is 0 Å². The predicted molar refractivity (Wildman–Crippen MR) is 59.9 cm³/mol. The summed E-state index contributed by atoms with van der Waals surface area (Å²) in [7, 11) is 0. The van der Waals surface area contributed by atoms with Crippen LogP contribution in [0.2, 0.25) is 0 Å². The maximum atomic E-state index is 5.72. The number of anilines is 2. The summed E-state index contributed by atoms with van der Waals surface area (Å²) in [4.78, 5) is 2.37. The van der Waals surface area contributed by atoms with Crippen LogP contribution in [0.1, 0.15) is 12.8 Å². The summed E-state index contributed by atoms with van der Waals surface area (Å²) in [6.07, 6.45) is 2.55. The van der Waals surface area contributed by atoms with E-state index in [2.05, 4.69) is 22.2 Å². The summed E-state index contributed by atoms with van der Waals surface area (Å²) in [5.74, 6) is 0.478. The van der Waals surface area contributed by atoms with Crippen molar-refractivity contribution in [1.82, 2.24) is 5.16 Å². The molecule has 4 nitrogen and oxygen atoms in total. The smallest absolute Gasteiger partial charge is 0.174 e. The minimum Gasteiger partial charge on any atom is -0.380 e. The molecule has 0 aliphatic carbocycles. The summed E-state index contributed by atoms with van der Waals surface area (Å²) in [6.45, 7) is 2.27. The maximum absolute atomic E-state index is 5.72. The van der Waals surface area contributed by atoms with Crippen molar-refractivity contribution in [2.45, 2.75) is 12.8 Å². The van der Waals surface area contributed by atoms with Gasteiger partial charge in [0.1, 0.15) is 0 Å². The molecule has 1 aromatic heterocycles. The number of fused-ring (bicyclic) bond motifs is 1. The minimum absolute atomic E-state index is 0.478. The average Bonchev–Trinajstić information content (AvgIpc) is 2.88. The van der Waals surface area contributed by atoms with E-state index in [1.54, 1.807) is 0 Å². The first kappa shape index (κ1) is 8.59. The molecule has 1 aromatic carbocycles. The van der Waals surface area contributed by atoms with Crippen LogP contribution in [0.5, 0.6) is 0 Å². The number of hydrogen-bond acceptors (Lipinski definition) is 4. The van der Waals surface area contributed by atoms with Crippen molar-refractivity contribution in [2.75, 3.05) is 23.7 Å². The summed E-state index contributed by atoms with van der Waals surface area (Å²) in [6, 6.07) is 6.07. The van der Waals surface area contributed by atoms with Crippen LogP contribution in [0.3, 0.4) is 0 Å². The third-order valence-electron chi connectivity index (χ3n) is 2.95. The van der Waals surface area contributed by atoms with Gasteiger partial charge >= 0.3 is 0 Å². The topological polar surface area (TPSA) is 55.3 Å². The highest BCUT2D eigenvalue weighted by atomic mass is 16.5. The van der Waals surface area contributed by atoms with Gasteiger partial charge in [-0.3, -0.25) is 0 Å². The SMILES string of the molecule is Nc1noc2ccc(N3CCCC3)cc12. The quantitative estimate of drug-likeness (QED) is 0.770. The normalized spacial score (nSPS) is 16.4. The van der Waals surface area contributed by atoms with Crippen LogP contribution < -0.4 is 10.6 Å². The maximum Gasteiger partial charge on any atom is 0.174 e. The van der Waals surface area contributed by atoms with E-state index in [4.69, 9.17) is 10.3 Å². The Morgan fingerprint density at radius 1 is 1.27 bits per heavy atom. The molecule has 0 amide bonds. The van der Waals surface area contributed by atoms with Crippen molar-refractivity contribution in [3.05, 3.63) is 18.2 Å². The Bertz CT molecular complexity index is 486. The molecule has 1 aliphatic rings. The first-order valence-electron chi connectivity index (χ1n) is 5.24. The number of nitrogens with two attached hydrogens (primary N) is 1. The number of rotatable bonds is 1. The zero-order chi connectivity index (χ0) is 10.3. The first-order valence-corrected chi connectivity index (χ1v) is 5.24. The molecule has 2 heterocycles. The molecule has 0 unspecified atom stereocenters. The lowest BCUT2D eigenvalue weighted by Gasteiger charge is -2.16. The first-order chi connectivity index (χ1) is 7.34. The Hall–Kier alpha value is -1.71. The van der Waals surface area contributed by atoms with E-state index in [0.717, 1.165) is 24.1 Å². The second-order valence-corrected chi connectivity index (χ2v) is 3.94. The van der Waals surface area contributed by atoms with Crippen molar-refractivity contribution in [2.24, 2.45) is 0 Å². The largest absolute Gasteiger partial charge is 0.380 e. The van der Waals surface area contributed by atoms with Crippen molar-refractivity contribution < 1.29 is 4.52 Å². The van der Waals surface area contributed by atoms with E-state index >= 15 is 0 Å². The fourth-order valence-corrected chi connectivity index (χ4v) is 2.12. The van der Waals surface area contributed by atoms with Crippen molar-refractivity contribution in [1.29, 1.82) is 0 Å². The van der Waals surface area contributed by atoms with Crippen molar-refractivity contribution in [3.8, 4) is 0 Å². The lowest BCUT2D eigenvalue weighted by Crippen LogP contribution is -2.17. The highest BCUT2D eigenvalue weighted by molar-refractivity contribution is 5.89. The number of nitrogens with zero attached hydrogens (tertiary/aromatic N) is 2. The number of hydrogen-bond donors (Lipinski definition) is 1. The monoisotopic (exact) mass is 203 g/mol. The zero-order valence-electron chi connectivity index (χ0n) is 8.44. The van der Waals surface area contributed by atoms with E-state index < -0.39 is 0 Å². The van der Waals surface area contributed by atoms with Gasteiger partial charge in [0.15, 0.2) is 11.4 Å². The molecule has 3 rings (SSSR count). The number of aromatic nitrogens is 1. The molecule has 1 saturated heterocycles. The second kappa shape index (κ2) is 3.15. The van der Waals surface area contributed by atoms with Crippen molar-refractivity contribution in [3.63, 3.8) is 0 Å². The molecule has 0 bridgehead atoms. The highest BCUT2D eigenvalue weighted by Crippen LogP contribution is 2.27. The summed E-state index contributed by atoms with van der Waals surface area (Å²) in [5, 5.41) is 4.66. The summed E-state index contributed by atoms with van der Waals surface area (Å²) >= 11 is 0. The number of benzene rings is 1. The van der Waals surface area contributed by atoms with Crippen LogP contribution >= 0.6 is 0 Å². The molecule has 0 atom stereocenters. The predicted octanol–water partition coefficient (Wildman–Crippen LogP) is 2.01. The Morgan fingerprint density at radius 3 is 2.87 bits per heavy atom. The molecule has 1 aliphatic heterocycles. The van der Waals surface area contributed by atoms with Gasteiger partial charge in [-0.05, 0) is 31.0 Å². The molecule has 0 radical (unpaired) electrons.